The molecule has 2 aromatic rings. The maximum absolute atomic E-state index is 14.1. The lowest BCUT2D eigenvalue weighted by Crippen LogP contribution is -2.24. The number of carbonyl (C=O) groups excluding carboxylic acids is 1. The maximum atomic E-state index is 14.1. The summed E-state index contributed by atoms with van der Waals surface area (Å²) in [7, 11) is -3.65. The van der Waals surface area contributed by atoms with Crippen LogP contribution in [0.25, 0.3) is 6.08 Å². The number of benzene rings is 2. The van der Waals surface area contributed by atoms with Crippen molar-refractivity contribution in [3.05, 3.63) is 65.0 Å². The molecule has 0 aliphatic heterocycles. The Hall–Kier alpha value is -3.08. The summed E-state index contributed by atoms with van der Waals surface area (Å²) in [4.78, 5) is 12.2. The number of rotatable bonds is 8. The summed E-state index contributed by atoms with van der Waals surface area (Å²) >= 11 is 0. The third-order valence-electron chi connectivity index (χ3n) is 4.20. The Morgan fingerprint density at radius 1 is 1.19 bits per heavy atom. The summed E-state index contributed by atoms with van der Waals surface area (Å²) in [6.07, 6.45) is -1.20. The SMILES string of the molecule is CCOc1cc(C(F)(F)F)ccc1/C=C\C(=O)NC(C)c1ccc(NS(C)(=O)=O)c(F)c1. The van der Waals surface area contributed by atoms with Crippen LogP contribution in [0.3, 0.4) is 0 Å². The van der Waals surface area contributed by atoms with E-state index in [-0.39, 0.29) is 23.6 Å². The van der Waals surface area contributed by atoms with E-state index in [0.29, 0.717) is 5.56 Å². The van der Waals surface area contributed by atoms with Gasteiger partial charge in [-0.05, 0) is 49.8 Å². The lowest BCUT2D eigenvalue weighted by atomic mass is 10.1. The second-order valence-electron chi connectivity index (χ2n) is 6.86. The molecule has 0 saturated heterocycles. The Kier molecular flexibility index (Phi) is 7.89. The normalized spacial score (nSPS) is 13.1. The molecule has 6 nitrogen and oxygen atoms in total. The number of anilines is 1. The van der Waals surface area contributed by atoms with Crippen molar-refractivity contribution in [1.82, 2.24) is 5.32 Å². The lowest BCUT2D eigenvalue weighted by molar-refractivity contribution is -0.137. The molecule has 0 aliphatic rings. The average molecular weight is 474 g/mol. The maximum Gasteiger partial charge on any atom is 0.416 e. The van der Waals surface area contributed by atoms with Gasteiger partial charge in [0.25, 0.3) is 0 Å². The van der Waals surface area contributed by atoms with Crippen molar-refractivity contribution in [2.24, 2.45) is 0 Å². The Bertz CT molecular complexity index is 1120. The van der Waals surface area contributed by atoms with E-state index in [1.165, 1.54) is 24.3 Å². The number of hydrogen-bond donors (Lipinski definition) is 2. The van der Waals surface area contributed by atoms with Crippen LogP contribution in [0.15, 0.2) is 42.5 Å². The first kappa shape index (κ1) is 25.2. The molecule has 1 atom stereocenters. The molecular formula is C21H22F4N2O4S. The standard InChI is InChI=1S/C21H22F4N2O4S/c1-4-31-19-12-16(21(23,24)25)8-5-14(19)7-10-20(28)26-13(2)15-6-9-18(17(22)11-15)27-32(3,29)30/h5-13,27H,4H2,1-3H3,(H,26,28)/b10-7-. The Balaban J connectivity index is 2.12. The van der Waals surface area contributed by atoms with E-state index in [2.05, 4.69) is 5.32 Å². The van der Waals surface area contributed by atoms with E-state index in [0.717, 1.165) is 30.5 Å². The molecule has 1 unspecified atom stereocenters. The third-order valence-corrected chi connectivity index (χ3v) is 4.79. The summed E-state index contributed by atoms with van der Waals surface area (Å²) in [6.45, 7) is 3.35. The van der Waals surface area contributed by atoms with Crippen LogP contribution in [-0.2, 0) is 21.0 Å². The number of ether oxygens (including phenoxy) is 1. The third kappa shape index (κ3) is 7.26. The second-order valence-corrected chi connectivity index (χ2v) is 8.61. The zero-order valence-electron chi connectivity index (χ0n) is 17.5. The topological polar surface area (TPSA) is 84.5 Å². The van der Waals surface area contributed by atoms with Crippen molar-refractivity contribution < 1.29 is 35.5 Å². The molecule has 2 N–H and O–H groups in total. The molecule has 0 fully saturated rings. The van der Waals surface area contributed by atoms with E-state index < -0.39 is 39.5 Å². The zero-order valence-corrected chi connectivity index (χ0v) is 18.3. The van der Waals surface area contributed by atoms with Crippen LogP contribution in [0.2, 0.25) is 0 Å². The molecule has 2 rings (SSSR count). The highest BCUT2D eigenvalue weighted by Crippen LogP contribution is 2.33. The summed E-state index contributed by atoms with van der Waals surface area (Å²) < 4.78 is 82.6. The van der Waals surface area contributed by atoms with Gasteiger partial charge >= 0.3 is 6.18 Å². The number of sulfonamides is 1. The minimum Gasteiger partial charge on any atom is -0.493 e. The van der Waals surface area contributed by atoms with Gasteiger partial charge in [0.2, 0.25) is 15.9 Å². The number of alkyl halides is 3. The van der Waals surface area contributed by atoms with E-state index in [1.807, 2.05) is 4.72 Å². The molecule has 0 spiro atoms. The number of hydrogen-bond acceptors (Lipinski definition) is 4. The van der Waals surface area contributed by atoms with Gasteiger partial charge in [0.1, 0.15) is 11.6 Å². The number of carbonyl (C=O) groups is 1. The average Bonchev–Trinajstić information content (AvgIpc) is 2.67. The van der Waals surface area contributed by atoms with E-state index in [4.69, 9.17) is 4.74 Å². The highest BCUT2D eigenvalue weighted by atomic mass is 32.2. The Morgan fingerprint density at radius 3 is 2.44 bits per heavy atom. The second kappa shape index (κ2) is 10.0. The molecule has 0 saturated carbocycles. The van der Waals surface area contributed by atoms with E-state index in [1.54, 1.807) is 13.8 Å². The quantitative estimate of drug-likeness (QED) is 0.436. The Labute approximate surface area is 183 Å². The molecule has 2 aromatic carbocycles. The molecule has 174 valence electrons. The van der Waals surface area contributed by atoms with Crippen LogP contribution < -0.4 is 14.8 Å². The number of nitrogens with one attached hydrogen (secondary N) is 2. The summed E-state index contributed by atoms with van der Waals surface area (Å²) in [5.41, 5.74) is -0.426. The van der Waals surface area contributed by atoms with Gasteiger partial charge in [-0.25, -0.2) is 12.8 Å². The molecule has 0 radical (unpaired) electrons. The van der Waals surface area contributed by atoms with Gasteiger partial charge in [-0.15, -0.1) is 0 Å². The van der Waals surface area contributed by atoms with Gasteiger partial charge in [0, 0.05) is 11.6 Å². The molecule has 32 heavy (non-hydrogen) atoms. The highest BCUT2D eigenvalue weighted by Gasteiger charge is 2.31. The predicted octanol–water partition coefficient (Wildman–Crippen LogP) is 4.51. The summed E-state index contributed by atoms with van der Waals surface area (Å²) in [5.74, 6) is -1.40. The number of amides is 1. The van der Waals surface area contributed by atoms with Crippen molar-refractivity contribution in [2.45, 2.75) is 26.1 Å². The monoisotopic (exact) mass is 474 g/mol. The lowest BCUT2D eigenvalue weighted by Gasteiger charge is -2.15. The first-order chi connectivity index (χ1) is 14.8. The first-order valence-corrected chi connectivity index (χ1v) is 11.3. The number of halogens is 4. The molecular weight excluding hydrogens is 452 g/mol. The fraction of sp³-hybridized carbons (Fsp3) is 0.286. The highest BCUT2D eigenvalue weighted by molar-refractivity contribution is 7.92. The van der Waals surface area contributed by atoms with Crippen molar-refractivity contribution >= 4 is 27.7 Å². The van der Waals surface area contributed by atoms with Crippen molar-refractivity contribution in [3.8, 4) is 5.75 Å². The fourth-order valence-corrected chi connectivity index (χ4v) is 3.29. The minimum atomic E-state index is -4.53. The first-order valence-electron chi connectivity index (χ1n) is 9.40. The van der Waals surface area contributed by atoms with Crippen LogP contribution in [0.4, 0.5) is 23.2 Å². The van der Waals surface area contributed by atoms with Crippen LogP contribution in [0.1, 0.15) is 36.6 Å². The largest absolute Gasteiger partial charge is 0.493 e. The zero-order chi connectivity index (χ0) is 24.1. The van der Waals surface area contributed by atoms with E-state index in [9.17, 15) is 30.8 Å². The van der Waals surface area contributed by atoms with Crippen molar-refractivity contribution in [3.63, 3.8) is 0 Å². The van der Waals surface area contributed by atoms with Gasteiger partial charge in [-0.3, -0.25) is 9.52 Å². The molecule has 0 aliphatic carbocycles. The van der Waals surface area contributed by atoms with Crippen molar-refractivity contribution in [1.29, 1.82) is 0 Å². The van der Waals surface area contributed by atoms with Crippen LogP contribution in [0.5, 0.6) is 5.75 Å². The molecule has 0 aromatic heterocycles. The fourth-order valence-electron chi connectivity index (χ4n) is 2.72. The van der Waals surface area contributed by atoms with Gasteiger partial charge < -0.3 is 10.1 Å². The van der Waals surface area contributed by atoms with Gasteiger partial charge in [0.15, 0.2) is 0 Å². The molecule has 11 heteroatoms. The van der Waals surface area contributed by atoms with Gasteiger partial charge in [-0.2, -0.15) is 13.2 Å². The van der Waals surface area contributed by atoms with Gasteiger partial charge in [0.05, 0.1) is 30.2 Å². The predicted molar refractivity (Wildman–Crippen MR) is 113 cm³/mol. The summed E-state index contributed by atoms with van der Waals surface area (Å²) in [5, 5.41) is 2.60. The molecule has 0 bridgehead atoms. The van der Waals surface area contributed by atoms with E-state index >= 15 is 0 Å². The Morgan fingerprint density at radius 2 is 1.88 bits per heavy atom. The smallest absolute Gasteiger partial charge is 0.416 e. The summed E-state index contributed by atoms with van der Waals surface area (Å²) in [6, 6.07) is 6.09. The van der Waals surface area contributed by atoms with Crippen LogP contribution >= 0.6 is 0 Å². The molecule has 1 amide bonds. The molecule has 0 heterocycles. The van der Waals surface area contributed by atoms with Gasteiger partial charge in [-0.1, -0.05) is 12.1 Å². The minimum absolute atomic E-state index is 0.0181. The van der Waals surface area contributed by atoms with Crippen LogP contribution in [0, 0.1) is 5.82 Å². The van der Waals surface area contributed by atoms with Crippen molar-refractivity contribution in [2.75, 3.05) is 17.6 Å². The van der Waals surface area contributed by atoms with Crippen LogP contribution in [-0.4, -0.2) is 27.2 Å².